The van der Waals surface area contributed by atoms with E-state index in [9.17, 15) is 18.0 Å². The number of aromatic nitrogens is 2. The number of rotatable bonds is 11. The molecule has 0 bridgehead atoms. The van der Waals surface area contributed by atoms with Crippen LogP contribution in [0.5, 0.6) is 0 Å². The Bertz CT molecular complexity index is 1560. The first-order valence-corrected chi connectivity index (χ1v) is 16.4. The Morgan fingerprint density at radius 2 is 2.03 bits per heavy atom. The first-order valence-electron chi connectivity index (χ1n) is 12.9. The van der Waals surface area contributed by atoms with Crippen LogP contribution in [0.3, 0.4) is 0 Å². The fraction of sp³-hybridized carbons (Fsp3) is 0.423. The third-order valence-electron chi connectivity index (χ3n) is 7.10. The number of halogens is 1. The molecule has 13 heteroatoms. The van der Waals surface area contributed by atoms with Crippen molar-refractivity contribution in [1.29, 1.82) is 0 Å². The van der Waals surface area contributed by atoms with Gasteiger partial charge in [0.05, 0.1) is 4.88 Å². The third-order valence-corrected chi connectivity index (χ3v) is 11.2. The van der Waals surface area contributed by atoms with Crippen LogP contribution in [-0.4, -0.2) is 60.1 Å². The third kappa shape index (κ3) is 6.14. The van der Waals surface area contributed by atoms with Gasteiger partial charge in [-0.3, -0.25) is 14.0 Å². The van der Waals surface area contributed by atoms with E-state index in [4.69, 9.17) is 11.6 Å². The van der Waals surface area contributed by atoms with Crippen molar-refractivity contribution in [3.05, 3.63) is 51.9 Å². The van der Waals surface area contributed by atoms with Crippen molar-refractivity contribution >= 4 is 71.2 Å². The van der Waals surface area contributed by atoms with Crippen LogP contribution in [-0.2, 0) is 14.8 Å². The topological polar surface area (TPSA) is 113 Å². The van der Waals surface area contributed by atoms with E-state index < -0.39 is 16.1 Å². The minimum absolute atomic E-state index is 0.0625. The van der Waals surface area contributed by atoms with Crippen LogP contribution >= 0.6 is 34.3 Å². The second-order valence-corrected chi connectivity index (χ2v) is 14.1. The number of imidazole rings is 1. The summed E-state index contributed by atoms with van der Waals surface area (Å²) in [4.78, 5) is 31.4. The molecule has 39 heavy (non-hydrogen) atoms. The van der Waals surface area contributed by atoms with Gasteiger partial charge in [-0.25, -0.2) is 13.4 Å². The maximum atomic E-state index is 13.2. The highest BCUT2D eigenvalue weighted by Gasteiger charge is 2.30. The Labute approximate surface area is 240 Å². The monoisotopic (exact) mass is 607 g/mol. The van der Waals surface area contributed by atoms with Crippen LogP contribution in [0.15, 0.2) is 46.9 Å². The van der Waals surface area contributed by atoms with Gasteiger partial charge in [0.15, 0.2) is 15.1 Å². The zero-order chi connectivity index (χ0) is 27.6. The van der Waals surface area contributed by atoms with E-state index in [1.165, 1.54) is 38.4 Å². The van der Waals surface area contributed by atoms with Crippen LogP contribution < -0.4 is 10.6 Å². The Kier molecular flexibility index (Phi) is 8.57. The maximum Gasteiger partial charge on any atom is 0.262 e. The fourth-order valence-corrected chi connectivity index (χ4v) is 8.58. The molecule has 9 nitrogen and oxygen atoms in total. The molecule has 2 N–H and O–H groups in total. The minimum atomic E-state index is -3.87. The molecular formula is C26H30ClN5O4S3. The van der Waals surface area contributed by atoms with Gasteiger partial charge in [-0.2, -0.15) is 4.31 Å². The van der Waals surface area contributed by atoms with Crippen molar-refractivity contribution in [3.63, 3.8) is 0 Å². The highest BCUT2D eigenvalue weighted by atomic mass is 35.5. The lowest BCUT2D eigenvalue weighted by atomic mass is 9.97. The Hall–Kier alpha value is -2.51. The van der Waals surface area contributed by atoms with Crippen LogP contribution in [0.1, 0.15) is 48.2 Å². The van der Waals surface area contributed by atoms with Crippen LogP contribution in [0.2, 0.25) is 5.15 Å². The lowest BCUT2D eigenvalue weighted by Crippen LogP contribution is -2.48. The van der Waals surface area contributed by atoms with Crippen molar-refractivity contribution in [1.82, 2.24) is 24.3 Å². The number of amides is 2. The predicted octanol–water partition coefficient (Wildman–Crippen LogP) is 4.77. The SMILES string of the molecule is CN(CCCNC(=O)[C@H](CC1CCCC1)NC(=O)c1cc2ccccc2s1)S(=O)(=O)c1c(Cl)nc2sccn12. The second kappa shape index (κ2) is 11.9. The molecule has 0 aliphatic heterocycles. The number of carbonyl (C=O) groups is 2. The van der Waals surface area contributed by atoms with Crippen molar-refractivity contribution in [2.45, 2.75) is 49.6 Å². The molecule has 1 aliphatic rings. The summed E-state index contributed by atoms with van der Waals surface area (Å²) in [5.74, 6) is -0.104. The van der Waals surface area contributed by atoms with E-state index in [-0.39, 0.29) is 35.1 Å². The first kappa shape index (κ1) is 28.0. The minimum Gasteiger partial charge on any atom is -0.354 e. The molecule has 1 fully saturated rings. The molecule has 0 radical (unpaired) electrons. The quantitative estimate of drug-likeness (QED) is 0.239. The van der Waals surface area contributed by atoms with E-state index >= 15 is 0 Å². The molecule has 3 heterocycles. The van der Waals surface area contributed by atoms with Crippen molar-refractivity contribution < 1.29 is 18.0 Å². The standard InChI is InChI=1S/C26H30ClN5O4S3/c1-31(39(35,36)25-22(27)30-26-32(25)13-14-37-26)12-6-11-28-23(33)19(15-17-7-2-3-8-17)29-24(34)21-16-18-9-4-5-10-20(18)38-21/h4-5,9-10,13-14,16-17,19H,2-3,6-8,11-12,15H2,1H3,(H,28,33)(H,29,34)/t19-/m0/s1. The molecule has 1 aromatic carbocycles. The Morgan fingerprint density at radius 1 is 1.26 bits per heavy atom. The highest BCUT2D eigenvalue weighted by Crippen LogP contribution is 2.30. The van der Waals surface area contributed by atoms with Crippen molar-refractivity contribution in [2.24, 2.45) is 5.92 Å². The largest absolute Gasteiger partial charge is 0.354 e. The van der Waals surface area contributed by atoms with Gasteiger partial charge in [0, 0.05) is 36.4 Å². The summed E-state index contributed by atoms with van der Waals surface area (Å²) in [6, 6.07) is 9.01. The fourth-order valence-electron chi connectivity index (χ4n) is 5.01. The molecule has 1 atom stereocenters. The number of thiazole rings is 1. The molecule has 0 unspecified atom stereocenters. The summed E-state index contributed by atoms with van der Waals surface area (Å²) < 4.78 is 30.0. The molecule has 4 aromatic rings. The van der Waals surface area contributed by atoms with E-state index in [2.05, 4.69) is 15.6 Å². The number of thiophene rings is 1. The molecule has 1 aliphatic carbocycles. The zero-order valence-corrected chi connectivity index (χ0v) is 24.6. The van der Waals surface area contributed by atoms with E-state index in [0.29, 0.717) is 28.6 Å². The molecule has 5 rings (SSSR count). The smallest absolute Gasteiger partial charge is 0.262 e. The van der Waals surface area contributed by atoms with Gasteiger partial charge < -0.3 is 10.6 Å². The first-order chi connectivity index (χ1) is 18.7. The number of carbonyl (C=O) groups excluding carboxylic acids is 2. The van der Waals surface area contributed by atoms with Crippen LogP contribution in [0.25, 0.3) is 15.0 Å². The van der Waals surface area contributed by atoms with Crippen LogP contribution in [0, 0.1) is 5.92 Å². The number of nitrogens with one attached hydrogen (secondary N) is 2. The van der Waals surface area contributed by atoms with E-state index in [1.807, 2.05) is 30.3 Å². The lowest BCUT2D eigenvalue weighted by molar-refractivity contribution is -0.123. The van der Waals surface area contributed by atoms with Crippen LogP contribution in [0.4, 0.5) is 0 Å². The summed E-state index contributed by atoms with van der Waals surface area (Å²) >= 11 is 8.84. The summed E-state index contributed by atoms with van der Waals surface area (Å²) in [7, 11) is -2.39. The second-order valence-electron chi connectivity index (χ2n) is 9.80. The van der Waals surface area contributed by atoms with E-state index in [0.717, 1.165) is 35.8 Å². The van der Waals surface area contributed by atoms with Gasteiger partial charge in [-0.1, -0.05) is 55.5 Å². The average molecular weight is 608 g/mol. The van der Waals surface area contributed by atoms with Crippen molar-refractivity contribution in [3.8, 4) is 0 Å². The number of hydrogen-bond acceptors (Lipinski definition) is 7. The number of hydrogen-bond donors (Lipinski definition) is 2. The Morgan fingerprint density at radius 3 is 2.79 bits per heavy atom. The Balaban J connectivity index is 1.18. The molecule has 3 aromatic heterocycles. The summed E-state index contributed by atoms with van der Waals surface area (Å²) in [6.45, 7) is 0.449. The summed E-state index contributed by atoms with van der Waals surface area (Å²) in [6.07, 6.45) is 7.00. The van der Waals surface area contributed by atoms with E-state index in [1.54, 1.807) is 11.6 Å². The van der Waals surface area contributed by atoms with Gasteiger partial charge in [0.25, 0.3) is 15.9 Å². The molecule has 0 spiro atoms. The number of benzene rings is 1. The number of fused-ring (bicyclic) bond motifs is 2. The van der Waals surface area contributed by atoms with Gasteiger partial charge in [0.1, 0.15) is 6.04 Å². The van der Waals surface area contributed by atoms with Gasteiger partial charge in [0.2, 0.25) is 5.91 Å². The van der Waals surface area contributed by atoms with Gasteiger partial charge >= 0.3 is 0 Å². The molecule has 1 saturated carbocycles. The average Bonchev–Trinajstić information content (AvgIpc) is 3.70. The molecule has 0 saturated heterocycles. The maximum absolute atomic E-state index is 13.2. The van der Waals surface area contributed by atoms with Gasteiger partial charge in [-0.05, 0) is 36.3 Å². The normalized spacial score (nSPS) is 15.4. The molecule has 2 amide bonds. The summed E-state index contributed by atoms with van der Waals surface area (Å²) in [5, 5.41) is 8.49. The number of nitrogens with zero attached hydrogens (tertiary/aromatic N) is 3. The lowest BCUT2D eigenvalue weighted by Gasteiger charge is -2.22. The predicted molar refractivity (Wildman–Crippen MR) is 155 cm³/mol. The van der Waals surface area contributed by atoms with Gasteiger partial charge in [-0.15, -0.1) is 22.7 Å². The summed E-state index contributed by atoms with van der Waals surface area (Å²) in [5.41, 5.74) is 0. The highest BCUT2D eigenvalue weighted by molar-refractivity contribution is 7.89. The molecule has 208 valence electrons. The molecular weight excluding hydrogens is 578 g/mol. The number of sulfonamides is 1. The zero-order valence-electron chi connectivity index (χ0n) is 21.4. The van der Waals surface area contributed by atoms with Crippen molar-refractivity contribution in [2.75, 3.05) is 20.1 Å².